The summed E-state index contributed by atoms with van der Waals surface area (Å²) in [6.45, 7) is 8.18. The molecule has 0 spiro atoms. The van der Waals surface area contributed by atoms with Crippen molar-refractivity contribution in [1.29, 1.82) is 0 Å². The molecule has 2 heterocycles. The number of ether oxygens (including phenoxy) is 1. The Bertz CT molecular complexity index is 781. The molecule has 3 N–H and O–H groups in total. The molecular weight excluding hydrogens is 398 g/mol. The first kappa shape index (κ1) is 25.3. The molecule has 174 valence electrons. The third-order valence-corrected chi connectivity index (χ3v) is 6.85. The highest BCUT2D eigenvalue weighted by Gasteiger charge is 2.47. The number of aliphatic carboxylic acids is 1. The lowest BCUT2D eigenvalue weighted by molar-refractivity contribution is -0.671. The topological polar surface area (TPSA) is 108 Å². The Morgan fingerprint density at radius 2 is 1.94 bits per heavy atom. The van der Waals surface area contributed by atoms with Gasteiger partial charge >= 0.3 is 11.9 Å². The van der Waals surface area contributed by atoms with Crippen LogP contribution in [0.15, 0.2) is 18.5 Å². The van der Waals surface area contributed by atoms with Gasteiger partial charge in [0.2, 0.25) is 0 Å². The van der Waals surface area contributed by atoms with E-state index in [2.05, 4.69) is 13.8 Å². The van der Waals surface area contributed by atoms with E-state index in [1.54, 1.807) is 10.8 Å². The first-order chi connectivity index (χ1) is 14.5. The highest BCUT2D eigenvalue weighted by atomic mass is 16.5. The molecule has 7 nitrogen and oxygen atoms in total. The Morgan fingerprint density at radius 3 is 2.45 bits per heavy atom. The number of nitrogens with zero attached hydrogens (tertiary/aromatic N) is 1. The molecular formula is C24H38NO6+. The number of aliphatic hydroxyl groups is 1. The Kier molecular flexibility index (Phi) is 8.60. The summed E-state index contributed by atoms with van der Waals surface area (Å²) in [7, 11) is 1.81. The molecule has 1 aromatic heterocycles. The normalized spacial score (nSPS) is 26.4. The first-order valence-electron chi connectivity index (χ1n) is 11.3. The van der Waals surface area contributed by atoms with Crippen LogP contribution in [-0.4, -0.2) is 45.1 Å². The molecule has 0 radical (unpaired) electrons. The molecule has 0 aromatic carbocycles. The zero-order valence-corrected chi connectivity index (χ0v) is 19.4. The van der Waals surface area contributed by atoms with E-state index in [-0.39, 0.29) is 30.3 Å². The number of aryl methyl sites for hydroxylation is 1. The molecule has 31 heavy (non-hydrogen) atoms. The van der Waals surface area contributed by atoms with Gasteiger partial charge in [-0.3, -0.25) is 4.79 Å². The zero-order chi connectivity index (χ0) is 23.3. The van der Waals surface area contributed by atoms with Crippen molar-refractivity contribution in [2.24, 2.45) is 18.9 Å². The van der Waals surface area contributed by atoms with Gasteiger partial charge in [0.25, 0.3) is 0 Å². The van der Waals surface area contributed by atoms with Crippen molar-refractivity contribution in [2.45, 2.75) is 89.9 Å². The number of rotatable bonds is 11. The van der Waals surface area contributed by atoms with E-state index >= 15 is 0 Å². The number of hydrogen-bond acceptors (Lipinski definition) is 4. The van der Waals surface area contributed by atoms with Crippen LogP contribution in [0.5, 0.6) is 0 Å². The fourth-order valence-electron chi connectivity index (χ4n) is 5.26. The molecule has 2 rings (SSSR count). The monoisotopic (exact) mass is 436 g/mol. The summed E-state index contributed by atoms with van der Waals surface area (Å²) in [5.74, 6) is -1.90. The fraction of sp³-hybridized carbons (Fsp3) is 0.708. The average molecular weight is 437 g/mol. The molecule has 1 fully saturated rings. The summed E-state index contributed by atoms with van der Waals surface area (Å²) in [5, 5.41) is 29.2. The maximum Gasteiger partial charge on any atom is 0.342 e. The maximum atomic E-state index is 11.9. The number of pyridine rings is 1. The van der Waals surface area contributed by atoms with E-state index in [0.717, 1.165) is 24.8 Å². The average Bonchev–Trinajstić information content (AvgIpc) is 3.03. The molecule has 7 heteroatoms. The van der Waals surface area contributed by atoms with Crippen LogP contribution in [0.25, 0.3) is 0 Å². The van der Waals surface area contributed by atoms with Gasteiger partial charge in [0.15, 0.2) is 12.4 Å². The van der Waals surface area contributed by atoms with Crippen LogP contribution in [-0.2, 0) is 16.6 Å². The molecule has 0 amide bonds. The van der Waals surface area contributed by atoms with Gasteiger partial charge < -0.3 is 20.1 Å². The number of carboxylic acid groups (broad SMARTS) is 2. The Hall–Kier alpha value is -1.99. The molecule has 6 atom stereocenters. The summed E-state index contributed by atoms with van der Waals surface area (Å²) < 4.78 is 8.40. The number of carbonyl (C=O) groups is 2. The predicted molar refractivity (Wildman–Crippen MR) is 116 cm³/mol. The van der Waals surface area contributed by atoms with Crippen LogP contribution in [0.1, 0.15) is 88.1 Å². The summed E-state index contributed by atoms with van der Waals surface area (Å²) in [6, 6.07) is 1.88. The van der Waals surface area contributed by atoms with Crippen LogP contribution in [0.3, 0.4) is 0 Å². The second-order valence-corrected chi connectivity index (χ2v) is 9.24. The van der Waals surface area contributed by atoms with Crippen LogP contribution < -0.4 is 4.57 Å². The third kappa shape index (κ3) is 6.04. The van der Waals surface area contributed by atoms with E-state index in [9.17, 15) is 19.8 Å². The van der Waals surface area contributed by atoms with E-state index in [4.69, 9.17) is 9.84 Å². The summed E-state index contributed by atoms with van der Waals surface area (Å²) >= 11 is 0. The second kappa shape index (κ2) is 10.6. The first-order valence-corrected chi connectivity index (χ1v) is 11.3. The molecule has 0 aliphatic carbocycles. The maximum absolute atomic E-state index is 11.9. The zero-order valence-electron chi connectivity index (χ0n) is 19.4. The molecule has 1 aliphatic rings. The number of aromatic carboxylic acids is 1. The molecule has 0 saturated carbocycles. The van der Waals surface area contributed by atoms with Crippen molar-refractivity contribution in [2.75, 3.05) is 0 Å². The van der Waals surface area contributed by atoms with Crippen molar-refractivity contribution >= 4 is 11.9 Å². The van der Waals surface area contributed by atoms with Crippen molar-refractivity contribution in [1.82, 2.24) is 0 Å². The van der Waals surface area contributed by atoms with Gasteiger partial charge in [-0.1, -0.05) is 33.6 Å². The number of carboxylic acids is 2. The minimum absolute atomic E-state index is 0.0527. The number of aliphatic hydroxyl groups excluding tert-OH is 1. The summed E-state index contributed by atoms with van der Waals surface area (Å²) in [6.07, 6.45) is 5.94. The van der Waals surface area contributed by atoms with Gasteiger partial charge in [0.1, 0.15) is 12.6 Å². The van der Waals surface area contributed by atoms with Crippen molar-refractivity contribution < 1.29 is 34.2 Å². The van der Waals surface area contributed by atoms with Crippen LogP contribution in [0.4, 0.5) is 0 Å². The molecule has 1 aliphatic heterocycles. The number of hydrogen-bond donors (Lipinski definition) is 3. The SMILES string of the molecule is CCC1C[C@@](C)(C[C@@H](CC)[C@H](O)CC(=O)O)OC1C(CC)c1cc[n+](C)cc1C(=O)O. The van der Waals surface area contributed by atoms with Gasteiger partial charge in [0.05, 0.1) is 24.2 Å². The van der Waals surface area contributed by atoms with E-state index in [1.807, 2.05) is 33.2 Å². The van der Waals surface area contributed by atoms with E-state index in [1.165, 1.54) is 0 Å². The standard InChI is InChI=1S/C24H37NO6/c1-6-15(20(26)11-21(27)28)12-24(4)13-16(7-2)22(31-24)17(8-3)18-9-10-25(5)14-19(18)23(29)30/h9-10,14-17,20,22,26H,6-8,11-13H2,1-5H3,(H-,27,28,29,30)/p+1/t15-,16?,17?,20-,22?,24-/m1/s1. The lowest BCUT2D eigenvalue weighted by Crippen LogP contribution is -2.35. The van der Waals surface area contributed by atoms with Gasteiger partial charge in [-0.15, -0.1) is 0 Å². The van der Waals surface area contributed by atoms with Crippen molar-refractivity contribution in [3.05, 3.63) is 29.6 Å². The second-order valence-electron chi connectivity index (χ2n) is 9.24. The highest BCUT2D eigenvalue weighted by Crippen LogP contribution is 2.47. The molecule has 0 bridgehead atoms. The van der Waals surface area contributed by atoms with E-state index in [0.29, 0.717) is 18.4 Å². The molecule has 3 unspecified atom stereocenters. The Labute approximate surface area is 185 Å². The highest BCUT2D eigenvalue weighted by molar-refractivity contribution is 5.89. The minimum Gasteiger partial charge on any atom is -0.481 e. The fourth-order valence-corrected chi connectivity index (χ4v) is 5.26. The van der Waals surface area contributed by atoms with Crippen LogP contribution in [0, 0.1) is 11.8 Å². The van der Waals surface area contributed by atoms with Gasteiger partial charge in [0, 0.05) is 12.0 Å². The smallest absolute Gasteiger partial charge is 0.342 e. The van der Waals surface area contributed by atoms with Crippen molar-refractivity contribution in [3.63, 3.8) is 0 Å². The number of aromatic nitrogens is 1. The van der Waals surface area contributed by atoms with Gasteiger partial charge in [-0.25, -0.2) is 9.36 Å². The Morgan fingerprint density at radius 1 is 1.26 bits per heavy atom. The lowest BCUT2D eigenvalue weighted by Gasteiger charge is -2.33. The minimum atomic E-state index is -1.00. The summed E-state index contributed by atoms with van der Waals surface area (Å²) in [4.78, 5) is 23.0. The largest absolute Gasteiger partial charge is 0.481 e. The lowest BCUT2D eigenvalue weighted by atomic mass is 9.78. The quantitative estimate of drug-likeness (QED) is 0.458. The van der Waals surface area contributed by atoms with Crippen molar-refractivity contribution in [3.8, 4) is 0 Å². The van der Waals surface area contributed by atoms with Crippen LogP contribution >= 0.6 is 0 Å². The van der Waals surface area contributed by atoms with E-state index < -0.39 is 23.6 Å². The molecule has 1 aromatic rings. The summed E-state index contributed by atoms with van der Waals surface area (Å²) in [5.41, 5.74) is 0.604. The predicted octanol–water partition coefficient (Wildman–Crippen LogP) is 3.53. The Balaban J connectivity index is 2.31. The van der Waals surface area contributed by atoms with Crippen LogP contribution in [0.2, 0.25) is 0 Å². The molecule has 1 saturated heterocycles. The third-order valence-electron chi connectivity index (χ3n) is 6.85. The van der Waals surface area contributed by atoms with Gasteiger partial charge in [-0.05, 0) is 43.6 Å². The van der Waals surface area contributed by atoms with Gasteiger partial charge in [-0.2, -0.15) is 0 Å².